The molecule has 7 heteroatoms. The first-order valence-electron chi connectivity index (χ1n) is 8.19. The summed E-state index contributed by atoms with van der Waals surface area (Å²) in [5.74, 6) is -0.394. The minimum atomic E-state index is -3.78. The van der Waals surface area contributed by atoms with E-state index < -0.39 is 27.6 Å². The van der Waals surface area contributed by atoms with Gasteiger partial charge < -0.3 is 4.74 Å². The first-order valence-corrected chi connectivity index (χ1v) is 9.67. The summed E-state index contributed by atoms with van der Waals surface area (Å²) in [6.45, 7) is 5.04. The van der Waals surface area contributed by atoms with Gasteiger partial charge in [-0.2, -0.15) is 0 Å². The van der Waals surface area contributed by atoms with Gasteiger partial charge in [-0.1, -0.05) is 35.9 Å². The van der Waals surface area contributed by atoms with Crippen LogP contribution >= 0.6 is 0 Å². The van der Waals surface area contributed by atoms with Crippen molar-refractivity contribution in [2.24, 2.45) is 4.99 Å². The highest BCUT2D eigenvalue weighted by atomic mass is 32.2. The number of carbonyl (C=O) groups excluding carboxylic acids is 1. The van der Waals surface area contributed by atoms with Crippen LogP contribution in [-0.4, -0.2) is 31.9 Å². The maximum Gasteiger partial charge on any atom is 0.342 e. The average Bonchev–Trinajstić information content (AvgIpc) is 2.92. The van der Waals surface area contributed by atoms with Gasteiger partial charge in [-0.25, -0.2) is 22.9 Å². The van der Waals surface area contributed by atoms with E-state index in [1.165, 1.54) is 12.1 Å². The van der Waals surface area contributed by atoms with Crippen LogP contribution in [0.2, 0.25) is 0 Å². The fraction of sp³-hybridized carbons (Fsp3) is 0.263. The van der Waals surface area contributed by atoms with Crippen molar-refractivity contribution in [2.75, 3.05) is 0 Å². The largest absolute Gasteiger partial charge is 0.405 e. The minimum absolute atomic E-state index is 0.136. The lowest BCUT2D eigenvalue weighted by Crippen LogP contribution is -2.51. The molecule has 0 amide bonds. The number of esters is 1. The third-order valence-electron chi connectivity index (χ3n) is 4.46. The molecule has 0 bridgehead atoms. The van der Waals surface area contributed by atoms with Gasteiger partial charge in [-0.15, -0.1) is 0 Å². The summed E-state index contributed by atoms with van der Waals surface area (Å²) in [6.07, 6.45) is 0. The molecule has 0 spiro atoms. The van der Waals surface area contributed by atoms with Gasteiger partial charge in [0.1, 0.15) is 0 Å². The number of benzene rings is 2. The normalized spacial score (nSPS) is 21.2. The third-order valence-corrected chi connectivity index (χ3v) is 6.02. The van der Waals surface area contributed by atoms with Crippen molar-refractivity contribution in [1.82, 2.24) is 4.72 Å². The van der Waals surface area contributed by atoms with Crippen molar-refractivity contribution in [1.29, 1.82) is 0 Å². The molecule has 3 rings (SSSR count). The monoisotopic (exact) mass is 372 g/mol. The standard InChI is InChI=1S/C19H20N2O4S/c1-13-9-11-16(12-10-13)26(23,24)21-14(2)19(3)18(22)25-17(20-19)15-7-5-4-6-8-15/h4-12,14,21H,1-3H3/t14-,19-/m1/s1. The Hall–Kier alpha value is -2.51. The predicted molar refractivity (Wildman–Crippen MR) is 98.4 cm³/mol. The van der Waals surface area contributed by atoms with Crippen LogP contribution in [0.15, 0.2) is 64.5 Å². The SMILES string of the molecule is Cc1ccc(S(=O)(=O)N[C@H](C)[C@@]2(C)N=C(c3ccccc3)OC2=O)cc1. The summed E-state index contributed by atoms with van der Waals surface area (Å²) in [5.41, 5.74) is 0.279. The van der Waals surface area contributed by atoms with Crippen molar-refractivity contribution >= 4 is 21.9 Å². The topological polar surface area (TPSA) is 84.8 Å². The summed E-state index contributed by atoms with van der Waals surface area (Å²) in [4.78, 5) is 16.9. The number of aryl methyl sites for hydroxylation is 1. The van der Waals surface area contributed by atoms with Crippen molar-refractivity contribution in [3.05, 3.63) is 65.7 Å². The van der Waals surface area contributed by atoms with Crippen LogP contribution in [0.5, 0.6) is 0 Å². The lowest BCUT2D eigenvalue weighted by Gasteiger charge is -2.25. The Morgan fingerprint density at radius 3 is 2.31 bits per heavy atom. The second kappa shape index (κ2) is 6.66. The van der Waals surface area contributed by atoms with E-state index in [0.717, 1.165) is 5.56 Å². The zero-order chi connectivity index (χ0) is 18.9. The molecule has 0 unspecified atom stereocenters. The Balaban J connectivity index is 1.86. The number of sulfonamides is 1. The van der Waals surface area contributed by atoms with Crippen LogP contribution in [0.4, 0.5) is 0 Å². The molecule has 2 aromatic carbocycles. The smallest absolute Gasteiger partial charge is 0.342 e. The summed E-state index contributed by atoms with van der Waals surface area (Å²) < 4.78 is 33.0. The Bertz CT molecular complexity index is 953. The molecule has 1 aliphatic rings. The molecule has 2 aromatic rings. The highest BCUT2D eigenvalue weighted by molar-refractivity contribution is 7.89. The number of carbonyl (C=O) groups is 1. The number of cyclic esters (lactones) is 1. The molecule has 26 heavy (non-hydrogen) atoms. The molecule has 136 valence electrons. The number of rotatable bonds is 5. The van der Waals surface area contributed by atoms with Crippen LogP contribution in [0.1, 0.15) is 25.0 Å². The van der Waals surface area contributed by atoms with E-state index in [4.69, 9.17) is 4.74 Å². The second-order valence-corrected chi connectivity index (χ2v) is 8.19. The van der Waals surface area contributed by atoms with Crippen LogP contribution in [0, 0.1) is 6.92 Å². The number of ether oxygens (including phenoxy) is 1. The van der Waals surface area contributed by atoms with E-state index in [2.05, 4.69) is 9.71 Å². The molecule has 0 saturated carbocycles. The molecule has 0 radical (unpaired) electrons. The van der Waals surface area contributed by atoms with E-state index in [1.807, 2.05) is 25.1 Å². The van der Waals surface area contributed by atoms with Gasteiger partial charge in [0.25, 0.3) is 0 Å². The molecular formula is C19H20N2O4S. The Labute approximate surface area is 153 Å². The van der Waals surface area contributed by atoms with Crippen LogP contribution in [-0.2, 0) is 19.6 Å². The molecule has 0 aliphatic carbocycles. The van der Waals surface area contributed by atoms with E-state index in [-0.39, 0.29) is 10.8 Å². The minimum Gasteiger partial charge on any atom is -0.405 e. The first kappa shape index (κ1) is 18.3. The number of hydrogen-bond acceptors (Lipinski definition) is 5. The van der Waals surface area contributed by atoms with Crippen molar-refractivity contribution < 1.29 is 17.9 Å². The summed E-state index contributed by atoms with van der Waals surface area (Å²) >= 11 is 0. The molecule has 6 nitrogen and oxygen atoms in total. The predicted octanol–water partition coefficient (Wildman–Crippen LogP) is 2.42. The van der Waals surface area contributed by atoms with E-state index in [9.17, 15) is 13.2 Å². The third kappa shape index (κ3) is 3.40. The van der Waals surface area contributed by atoms with Gasteiger partial charge in [-0.3, -0.25) is 0 Å². The zero-order valence-electron chi connectivity index (χ0n) is 14.8. The maximum absolute atomic E-state index is 12.6. The lowest BCUT2D eigenvalue weighted by atomic mass is 9.96. The fourth-order valence-electron chi connectivity index (χ4n) is 2.58. The van der Waals surface area contributed by atoms with Gasteiger partial charge >= 0.3 is 5.97 Å². The van der Waals surface area contributed by atoms with Crippen molar-refractivity contribution in [3.8, 4) is 0 Å². The van der Waals surface area contributed by atoms with E-state index in [1.54, 1.807) is 38.1 Å². The van der Waals surface area contributed by atoms with Crippen LogP contribution in [0.25, 0.3) is 0 Å². The molecule has 0 fully saturated rings. The van der Waals surface area contributed by atoms with E-state index in [0.29, 0.717) is 5.56 Å². The maximum atomic E-state index is 12.6. The average molecular weight is 372 g/mol. The molecule has 0 saturated heterocycles. The van der Waals surface area contributed by atoms with Gasteiger partial charge in [0.2, 0.25) is 15.9 Å². The fourth-order valence-corrected chi connectivity index (χ4v) is 3.91. The molecule has 2 atom stereocenters. The second-order valence-electron chi connectivity index (χ2n) is 6.48. The van der Waals surface area contributed by atoms with E-state index >= 15 is 0 Å². The van der Waals surface area contributed by atoms with Gasteiger partial charge in [0.05, 0.1) is 10.9 Å². The number of hydrogen-bond donors (Lipinski definition) is 1. The van der Waals surface area contributed by atoms with Gasteiger partial charge in [-0.05, 0) is 45.0 Å². The highest BCUT2D eigenvalue weighted by Crippen LogP contribution is 2.27. The number of nitrogens with zero attached hydrogens (tertiary/aromatic N) is 1. The molecular weight excluding hydrogens is 352 g/mol. The Morgan fingerprint density at radius 1 is 1.08 bits per heavy atom. The lowest BCUT2D eigenvalue weighted by molar-refractivity contribution is -0.139. The zero-order valence-corrected chi connectivity index (χ0v) is 15.6. The van der Waals surface area contributed by atoms with Gasteiger partial charge in [0, 0.05) is 5.56 Å². The van der Waals surface area contributed by atoms with Crippen molar-refractivity contribution in [2.45, 2.75) is 37.2 Å². The summed E-state index contributed by atoms with van der Waals surface area (Å²) in [7, 11) is -3.78. The molecule has 1 heterocycles. The van der Waals surface area contributed by atoms with Gasteiger partial charge in [0.15, 0.2) is 5.54 Å². The molecule has 1 aliphatic heterocycles. The molecule has 0 aromatic heterocycles. The Morgan fingerprint density at radius 2 is 1.69 bits per heavy atom. The van der Waals surface area contributed by atoms with Crippen LogP contribution in [0.3, 0.4) is 0 Å². The first-order chi connectivity index (χ1) is 12.2. The van der Waals surface area contributed by atoms with Crippen molar-refractivity contribution in [3.63, 3.8) is 0 Å². The quantitative estimate of drug-likeness (QED) is 0.817. The highest BCUT2D eigenvalue weighted by Gasteiger charge is 2.47. The Kier molecular flexibility index (Phi) is 4.68. The molecule has 1 N–H and O–H groups in total. The van der Waals surface area contributed by atoms with Crippen LogP contribution < -0.4 is 4.72 Å². The number of nitrogens with one attached hydrogen (secondary N) is 1. The summed E-state index contributed by atoms with van der Waals surface area (Å²) in [6, 6.07) is 14.7. The number of aliphatic imine (C=N–C) groups is 1. The summed E-state index contributed by atoms with van der Waals surface area (Å²) in [5, 5.41) is 0.